The first-order valence-electron chi connectivity index (χ1n) is 4.73. The molecule has 1 rings (SSSR count). The predicted molar refractivity (Wildman–Crippen MR) is 53.2 cm³/mol. The Bertz CT molecular complexity index is 136. The summed E-state index contributed by atoms with van der Waals surface area (Å²) in [4.78, 5) is 12.8. The number of hydrogen-bond donors (Lipinski definition) is 1. The van der Waals surface area contributed by atoms with E-state index >= 15 is 0 Å². The van der Waals surface area contributed by atoms with Crippen LogP contribution in [-0.4, -0.2) is 37.0 Å². The number of hydrogen-bond acceptors (Lipinski definition) is 2. The average molecular weight is 174 g/mol. The van der Waals surface area contributed by atoms with Gasteiger partial charge in [0.1, 0.15) is 0 Å². The minimum Gasteiger partial charge on any atom is -0.339 e. The Morgan fingerprint density at radius 2 is 2.08 bits per heavy atom. The maximum atomic E-state index is 11.0. The fraction of sp³-hybridized carbons (Fsp3) is 0.889. The molecule has 1 fully saturated rings. The minimum absolute atomic E-state index is 0. The zero-order valence-corrected chi connectivity index (χ0v) is 8.55. The highest BCUT2D eigenvalue weighted by Crippen LogP contribution is 2.07. The first-order valence-corrected chi connectivity index (χ1v) is 4.73. The molecule has 12 heavy (non-hydrogen) atoms. The third kappa shape index (κ3) is 2.81. The zero-order chi connectivity index (χ0) is 9.56. The van der Waals surface area contributed by atoms with E-state index in [1.165, 1.54) is 0 Å². The van der Waals surface area contributed by atoms with Gasteiger partial charge in [-0.05, 0) is 7.05 Å². The van der Waals surface area contributed by atoms with Gasteiger partial charge in [-0.1, -0.05) is 20.8 Å². The van der Waals surface area contributed by atoms with Gasteiger partial charge >= 0.3 is 0 Å². The molecule has 0 aromatic heterocycles. The normalized spacial score (nSPS) is 16.2. The number of likely N-dealkylation sites (tertiary alicyclic amines) is 1. The van der Waals surface area contributed by atoms with Crippen LogP contribution in [0.5, 0.6) is 0 Å². The van der Waals surface area contributed by atoms with E-state index in [1.54, 1.807) is 0 Å². The first-order chi connectivity index (χ1) is 5.77. The third-order valence-electron chi connectivity index (χ3n) is 1.94. The standard InChI is InChI=1S/C7H14N2O.C2H6.H2/c1-3-7(10)9-4-6(5-9)8-2;1-2;/h6,8H,3-5H2,1-2H3;1-2H3;1H. The number of nitrogens with zero attached hydrogens (tertiary/aromatic N) is 1. The van der Waals surface area contributed by atoms with Crippen LogP contribution in [0.15, 0.2) is 0 Å². The van der Waals surface area contributed by atoms with E-state index in [0.29, 0.717) is 12.5 Å². The van der Waals surface area contributed by atoms with Gasteiger partial charge in [0.15, 0.2) is 0 Å². The van der Waals surface area contributed by atoms with Crippen LogP contribution in [0.2, 0.25) is 0 Å². The van der Waals surface area contributed by atoms with Crippen LogP contribution >= 0.6 is 0 Å². The van der Waals surface area contributed by atoms with Crippen LogP contribution in [0.4, 0.5) is 0 Å². The lowest BCUT2D eigenvalue weighted by Crippen LogP contribution is -2.58. The van der Waals surface area contributed by atoms with Crippen LogP contribution in [-0.2, 0) is 4.79 Å². The molecule has 0 aromatic rings. The van der Waals surface area contributed by atoms with Gasteiger partial charge in [0.05, 0.1) is 0 Å². The summed E-state index contributed by atoms with van der Waals surface area (Å²) in [6.45, 7) is 7.68. The van der Waals surface area contributed by atoms with Gasteiger partial charge < -0.3 is 10.2 Å². The minimum atomic E-state index is 0. The Balaban J connectivity index is 0. The van der Waals surface area contributed by atoms with Gasteiger partial charge in [-0.3, -0.25) is 4.79 Å². The van der Waals surface area contributed by atoms with Crippen molar-refractivity contribution in [3.63, 3.8) is 0 Å². The molecule has 0 aliphatic carbocycles. The molecule has 0 atom stereocenters. The van der Waals surface area contributed by atoms with E-state index in [0.717, 1.165) is 13.1 Å². The monoisotopic (exact) mass is 174 g/mol. The second-order valence-electron chi connectivity index (χ2n) is 2.64. The topological polar surface area (TPSA) is 32.3 Å². The number of likely N-dealkylation sites (N-methyl/N-ethyl adjacent to an activating group) is 1. The Labute approximate surface area is 76.6 Å². The summed E-state index contributed by atoms with van der Waals surface area (Å²) in [6, 6.07) is 0.537. The molecule has 1 N–H and O–H groups in total. The molecule has 0 unspecified atom stereocenters. The Morgan fingerprint density at radius 1 is 1.58 bits per heavy atom. The van der Waals surface area contributed by atoms with Crippen molar-refractivity contribution < 1.29 is 6.22 Å². The molecule has 3 nitrogen and oxygen atoms in total. The molecular formula is C9H22N2O. The molecule has 3 heteroatoms. The number of carbonyl (C=O) groups is 1. The molecule has 1 aliphatic heterocycles. The summed E-state index contributed by atoms with van der Waals surface area (Å²) < 4.78 is 0. The second-order valence-corrected chi connectivity index (χ2v) is 2.64. The Hall–Kier alpha value is -0.570. The molecule has 1 amide bonds. The van der Waals surface area contributed by atoms with Gasteiger partial charge in [0.25, 0.3) is 0 Å². The summed E-state index contributed by atoms with van der Waals surface area (Å²) in [5.41, 5.74) is 0. The zero-order valence-electron chi connectivity index (χ0n) is 8.55. The van der Waals surface area contributed by atoms with Crippen LogP contribution in [0.1, 0.15) is 28.6 Å². The van der Waals surface area contributed by atoms with E-state index in [9.17, 15) is 4.79 Å². The highest BCUT2D eigenvalue weighted by molar-refractivity contribution is 5.76. The highest BCUT2D eigenvalue weighted by Gasteiger charge is 2.27. The lowest BCUT2D eigenvalue weighted by Gasteiger charge is -2.38. The molecule has 1 heterocycles. The Morgan fingerprint density at radius 3 is 2.42 bits per heavy atom. The summed E-state index contributed by atoms with van der Waals surface area (Å²) in [7, 11) is 1.93. The average Bonchev–Trinajstić information content (AvgIpc) is 2.06. The smallest absolute Gasteiger partial charge is 0.222 e. The second kappa shape index (κ2) is 6.00. The highest BCUT2D eigenvalue weighted by atomic mass is 16.2. The third-order valence-corrected chi connectivity index (χ3v) is 1.94. The van der Waals surface area contributed by atoms with Crippen molar-refractivity contribution in [3.8, 4) is 0 Å². The van der Waals surface area contributed by atoms with Gasteiger partial charge in [-0.15, -0.1) is 0 Å². The number of carbonyl (C=O) groups excluding carboxylic acids is 1. The van der Waals surface area contributed by atoms with Crippen molar-refractivity contribution in [3.05, 3.63) is 0 Å². The van der Waals surface area contributed by atoms with Crippen molar-refractivity contribution in [2.75, 3.05) is 20.1 Å². The molecule has 0 saturated carbocycles. The largest absolute Gasteiger partial charge is 0.339 e. The Kier molecular flexibility index (Phi) is 5.72. The van der Waals surface area contributed by atoms with Crippen molar-refractivity contribution in [1.82, 2.24) is 10.2 Å². The quantitative estimate of drug-likeness (QED) is 0.680. The first kappa shape index (κ1) is 11.4. The lowest BCUT2D eigenvalue weighted by atomic mass is 10.1. The molecule has 1 aliphatic rings. The van der Waals surface area contributed by atoms with E-state index in [4.69, 9.17) is 0 Å². The van der Waals surface area contributed by atoms with Crippen LogP contribution in [0, 0.1) is 0 Å². The van der Waals surface area contributed by atoms with Crippen LogP contribution in [0.3, 0.4) is 0 Å². The number of amides is 1. The summed E-state index contributed by atoms with van der Waals surface area (Å²) in [5, 5.41) is 3.12. The number of rotatable bonds is 2. The maximum Gasteiger partial charge on any atom is 0.222 e. The van der Waals surface area contributed by atoms with Crippen molar-refractivity contribution in [2.24, 2.45) is 0 Å². The van der Waals surface area contributed by atoms with Crippen molar-refractivity contribution >= 4 is 5.91 Å². The van der Waals surface area contributed by atoms with Gasteiger partial charge in [-0.25, -0.2) is 0 Å². The SMILES string of the molecule is CC.CCC(=O)N1CC(NC)C1.[HH]. The summed E-state index contributed by atoms with van der Waals surface area (Å²) in [5.74, 6) is 0.270. The molecule has 74 valence electrons. The van der Waals surface area contributed by atoms with E-state index in [2.05, 4.69) is 5.32 Å². The summed E-state index contributed by atoms with van der Waals surface area (Å²) in [6.07, 6.45) is 0.635. The van der Waals surface area contributed by atoms with Crippen molar-refractivity contribution in [2.45, 2.75) is 33.2 Å². The molecule has 0 aromatic carbocycles. The molecule has 0 bridgehead atoms. The van der Waals surface area contributed by atoms with Gasteiger partial charge in [0, 0.05) is 27.0 Å². The van der Waals surface area contributed by atoms with E-state index in [1.807, 2.05) is 32.7 Å². The van der Waals surface area contributed by atoms with Crippen LogP contribution < -0.4 is 5.32 Å². The predicted octanol–water partition coefficient (Wildman–Crippen LogP) is 1.10. The van der Waals surface area contributed by atoms with Crippen molar-refractivity contribution in [1.29, 1.82) is 0 Å². The maximum absolute atomic E-state index is 11.0. The fourth-order valence-corrected chi connectivity index (χ4v) is 1.09. The molecule has 0 spiro atoms. The van der Waals surface area contributed by atoms with Crippen LogP contribution in [0.25, 0.3) is 0 Å². The fourth-order valence-electron chi connectivity index (χ4n) is 1.09. The van der Waals surface area contributed by atoms with E-state index in [-0.39, 0.29) is 7.33 Å². The molecule has 0 radical (unpaired) electrons. The summed E-state index contributed by atoms with van der Waals surface area (Å²) >= 11 is 0. The molecule has 1 saturated heterocycles. The lowest BCUT2D eigenvalue weighted by molar-refractivity contribution is -0.135. The van der Waals surface area contributed by atoms with E-state index < -0.39 is 0 Å². The van der Waals surface area contributed by atoms with Gasteiger partial charge in [-0.2, -0.15) is 0 Å². The van der Waals surface area contributed by atoms with Gasteiger partial charge in [0.2, 0.25) is 5.91 Å². The number of nitrogens with one attached hydrogen (secondary N) is 1. The molecular weight excluding hydrogens is 152 g/mol.